The normalized spacial score (nSPS) is 11.6. The lowest BCUT2D eigenvalue weighted by Crippen LogP contribution is -2.35. The van der Waals surface area contributed by atoms with Crippen molar-refractivity contribution >= 4 is 12.1 Å². The van der Waals surface area contributed by atoms with Gasteiger partial charge >= 0.3 is 12.1 Å². The van der Waals surface area contributed by atoms with Gasteiger partial charge in [0, 0.05) is 13.1 Å². The van der Waals surface area contributed by atoms with Crippen molar-refractivity contribution in [3.63, 3.8) is 0 Å². The van der Waals surface area contributed by atoms with E-state index in [-0.39, 0.29) is 13.0 Å². The van der Waals surface area contributed by atoms with Crippen LogP contribution in [0.2, 0.25) is 0 Å². The van der Waals surface area contributed by atoms with Crippen molar-refractivity contribution in [1.29, 1.82) is 0 Å². The number of nitrogens with zero attached hydrogens (tertiary/aromatic N) is 1. The summed E-state index contributed by atoms with van der Waals surface area (Å²) in [6, 6.07) is 9.44. The van der Waals surface area contributed by atoms with Crippen LogP contribution >= 0.6 is 0 Å². The number of amides is 1. The van der Waals surface area contributed by atoms with E-state index in [0.717, 1.165) is 12.0 Å². The molecule has 1 atom stereocenters. The average molecular weight is 323 g/mol. The summed E-state index contributed by atoms with van der Waals surface area (Å²) in [5, 5.41) is 9.78. The maximum absolute atomic E-state index is 12.1. The highest BCUT2D eigenvalue weighted by atomic mass is 16.6. The van der Waals surface area contributed by atoms with Crippen LogP contribution in [0.5, 0.6) is 0 Å². The van der Waals surface area contributed by atoms with E-state index in [9.17, 15) is 14.7 Å². The number of benzene rings is 1. The zero-order valence-electron chi connectivity index (χ0n) is 13.7. The first kappa shape index (κ1) is 19.0. The fraction of sp³-hybridized carbons (Fsp3) is 0.529. The third kappa shape index (κ3) is 7.65. The number of aliphatic hydroxyl groups excluding tert-OH is 1. The Kier molecular flexibility index (Phi) is 8.75. The fourth-order valence-corrected chi connectivity index (χ4v) is 2.06. The van der Waals surface area contributed by atoms with Crippen LogP contribution < -0.4 is 0 Å². The first-order valence-corrected chi connectivity index (χ1v) is 7.77. The summed E-state index contributed by atoms with van der Waals surface area (Å²) in [4.78, 5) is 24.8. The predicted molar refractivity (Wildman–Crippen MR) is 85.7 cm³/mol. The number of carbonyl (C=O) groups is 2. The molecule has 0 heterocycles. The molecule has 1 unspecified atom stereocenters. The monoisotopic (exact) mass is 323 g/mol. The Balaban J connectivity index is 2.43. The molecule has 0 aliphatic carbocycles. The smallest absolute Gasteiger partial charge is 0.410 e. The lowest BCUT2D eigenvalue weighted by Gasteiger charge is -2.22. The van der Waals surface area contributed by atoms with E-state index in [1.165, 1.54) is 7.11 Å². The Morgan fingerprint density at radius 1 is 1.22 bits per heavy atom. The second kappa shape index (κ2) is 10.6. The Labute approximate surface area is 137 Å². The van der Waals surface area contributed by atoms with Gasteiger partial charge in [-0.2, -0.15) is 0 Å². The Hall–Kier alpha value is -2.08. The van der Waals surface area contributed by atoms with Gasteiger partial charge in [-0.25, -0.2) is 4.79 Å². The number of rotatable bonds is 9. The van der Waals surface area contributed by atoms with Crippen LogP contribution in [-0.4, -0.2) is 48.4 Å². The second-order valence-electron chi connectivity index (χ2n) is 5.25. The molecule has 6 heteroatoms. The third-order valence-corrected chi connectivity index (χ3v) is 3.32. The van der Waals surface area contributed by atoms with E-state index in [4.69, 9.17) is 4.74 Å². The summed E-state index contributed by atoms with van der Waals surface area (Å²) in [6.45, 7) is 3.05. The third-order valence-electron chi connectivity index (χ3n) is 3.32. The highest BCUT2D eigenvalue weighted by Gasteiger charge is 2.17. The van der Waals surface area contributed by atoms with E-state index in [0.29, 0.717) is 19.5 Å². The number of methoxy groups -OCH3 is 1. The maximum Gasteiger partial charge on any atom is 0.410 e. The van der Waals surface area contributed by atoms with Gasteiger partial charge in [-0.3, -0.25) is 4.79 Å². The molecule has 0 spiro atoms. The molecule has 1 amide bonds. The molecule has 1 rings (SSSR count). The van der Waals surface area contributed by atoms with Gasteiger partial charge in [0.25, 0.3) is 0 Å². The fourth-order valence-electron chi connectivity index (χ4n) is 2.06. The average Bonchev–Trinajstić information content (AvgIpc) is 2.57. The molecule has 0 aliphatic heterocycles. The van der Waals surface area contributed by atoms with Crippen molar-refractivity contribution in [3.8, 4) is 0 Å². The molecule has 0 saturated carbocycles. The molecule has 128 valence electrons. The molecule has 23 heavy (non-hydrogen) atoms. The molecule has 1 aromatic rings. The molecular weight excluding hydrogens is 298 g/mol. The molecule has 0 aromatic heterocycles. The highest BCUT2D eigenvalue weighted by Crippen LogP contribution is 2.07. The number of aliphatic hydroxyl groups is 1. The van der Waals surface area contributed by atoms with Gasteiger partial charge in [-0.15, -0.1) is 0 Å². The number of ether oxygens (including phenoxy) is 2. The zero-order chi connectivity index (χ0) is 17.1. The van der Waals surface area contributed by atoms with Crippen molar-refractivity contribution in [2.45, 2.75) is 38.9 Å². The van der Waals surface area contributed by atoms with E-state index in [1.54, 1.807) is 4.90 Å². The van der Waals surface area contributed by atoms with Crippen LogP contribution in [0.15, 0.2) is 30.3 Å². The van der Waals surface area contributed by atoms with Gasteiger partial charge < -0.3 is 19.5 Å². The largest absolute Gasteiger partial charge is 0.469 e. The lowest BCUT2D eigenvalue weighted by molar-refractivity contribution is -0.142. The first-order valence-electron chi connectivity index (χ1n) is 7.77. The van der Waals surface area contributed by atoms with Crippen molar-refractivity contribution in [3.05, 3.63) is 35.9 Å². The van der Waals surface area contributed by atoms with Gasteiger partial charge in [0.2, 0.25) is 0 Å². The molecule has 0 bridgehead atoms. The summed E-state index contributed by atoms with van der Waals surface area (Å²) in [5.41, 5.74) is 0.919. The quantitative estimate of drug-likeness (QED) is 0.706. The van der Waals surface area contributed by atoms with Gasteiger partial charge in [0.1, 0.15) is 6.61 Å². The van der Waals surface area contributed by atoms with Gasteiger partial charge in [-0.1, -0.05) is 37.3 Å². The minimum absolute atomic E-state index is 0.0739. The highest BCUT2D eigenvalue weighted by molar-refractivity contribution is 5.69. The number of hydrogen-bond acceptors (Lipinski definition) is 5. The van der Waals surface area contributed by atoms with Crippen LogP contribution in [0.3, 0.4) is 0 Å². The standard InChI is InChI=1S/C17H25NO5/c1-3-10-18(11-9-15(19)12-16(20)22-2)17(21)23-13-14-7-5-4-6-8-14/h4-8,15,19H,3,9-13H2,1-2H3. The Morgan fingerprint density at radius 3 is 2.52 bits per heavy atom. The molecule has 1 N–H and O–H groups in total. The van der Waals surface area contributed by atoms with Crippen LogP contribution in [0, 0.1) is 0 Å². The zero-order valence-corrected chi connectivity index (χ0v) is 13.7. The summed E-state index contributed by atoms with van der Waals surface area (Å²) < 4.78 is 9.80. The summed E-state index contributed by atoms with van der Waals surface area (Å²) in [7, 11) is 1.28. The van der Waals surface area contributed by atoms with Gasteiger partial charge in [-0.05, 0) is 18.4 Å². The molecule has 0 fully saturated rings. The first-order chi connectivity index (χ1) is 11.1. The topological polar surface area (TPSA) is 76.1 Å². The van der Waals surface area contributed by atoms with Crippen LogP contribution in [0.1, 0.15) is 31.7 Å². The minimum Gasteiger partial charge on any atom is -0.469 e. The van der Waals surface area contributed by atoms with Crippen molar-refractivity contribution in [1.82, 2.24) is 4.90 Å². The summed E-state index contributed by atoms with van der Waals surface area (Å²) >= 11 is 0. The lowest BCUT2D eigenvalue weighted by atomic mass is 10.2. The number of carbonyl (C=O) groups excluding carboxylic acids is 2. The van der Waals surface area contributed by atoms with Gasteiger partial charge in [0.05, 0.1) is 19.6 Å². The molecule has 0 aliphatic rings. The van der Waals surface area contributed by atoms with Gasteiger partial charge in [0.15, 0.2) is 0 Å². The number of esters is 1. The van der Waals surface area contributed by atoms with E-state index >= 15 is 0 Å². The predicted octanol–water partition coefficient (Wildman–Crippen LogP) is 2.35. The molecule has 6 nitrogen and oxygen atoms in total. The van der Waals surface area contributed by atoms with Crippen molar-refractivity contribution in [2.75, 3.05) is 20.2 Å². The molecule has 0 saturated heterocycles. The SMILES string of the molecule is CCCN(CCC(O)CC(=O)OC)C(=O)OCc1ccccc1. The van der Waals surface area contributed by atoms with Crippen LogP contribution in [0.25, 0.3) is 0 Å². The van der Waals surface area contributed by atoms with Crippen LogP contribution in [0.4, 0.5) is 4.79 Å². The van der Waals surface area contributed by atoms with E-state index < -0.39 is 18.2 Å². The Morgan fingerprint density at radius 2 is 1.91 bits per heavy atom. The van der Waals surface area contributed by atoms with Crippen molar-refractivity contribution in [2.24, 2.45) is 0 Å². The molecule has 0 radical (unpaired) electrons. The Bertz CT molecular complexity index is 477. The summed E-state index contributed by atoms with van der Waals surface area (Å²) in [5.74, 6) is -0.466. The van der Waals surface area contributed by atoms with Crippen molar-refractivity contribution < 1.29 is 24.2 Å². The van der Waals surface area contributed by atoms with Crippen LogP contribution in [-0.2, 0) is 20.9 Å². The number of hydrogen-bond donors (Lipinski definition) is 1. The summed E-state index contributed by atoms with van der Waals surface area (Å²) in [6.07, 6.45) is -0.233. The second-order valence-corrected chi connectivity index (χ2v) is 5.25. The molecular formula is C17H25NO5. The van der Waals surface area contributed by atoms with E-state index in [1.807, 2.05) is 37.3 Å². The maximum atomic E-state index is 12.1. The minimum atomic E-state index is -0.830. The molecule has 1 aromatic carbocycles. The van der Waals surface area contributed by atoms with E-state index in [2.05, 4.69) is 4.74 Å².